The normalized spacial score (nSPS) is 17.0. The number of aromatic nitrogens is 3. The molecule has 0 aliphatic carbocycles. The molecule has 0 saturated heterocycles. The summed E-state index contributed by atoms with van der Waals surface area (Å²) in [6, 6.07) is 0. The summed E-state index contributed by atoms with van der Waals surface area (Å²) in [5, 5.41) is 79.4. The van der Waals surface area contributed by atoms with Gasteiger partial charge in [-0.25, -0.2) is 0 Å². The van der Waals surface area contributed by atoms with Crippen molar-refractivity contribution in [3.05, 3.63) is 73.2 Å². The Labute approximate surface area is 346 Å². The zero-order valence-corrected chi connectivity index (χ0v) is 33.1. The van der Waals surface area contributed by atoms with Gasteiger partial charge in [-0.1, -0.05) is 6.92 Å². The van der Waals surface area contributed by atoms with Crippen LogP contribution in [0.3, 0.4) is 0 Å². The highest BCUT2D eigenvalue weighted by atomic mass is 16.4. The van der Waals surface area contributed by atoms with Crippen molar-refractivity contribution in [2.45, 2.75) is 103 Å². The molecule has 3 aromatic rings. The number of nitrogens with one attached hydrogen (secondary N) is 3. The predicted molar refractivity (Wildman–Crippen MR) is 210 cm³/mol. The van der Waals surface area contributed by atoms with Gasteiger partial charge in [-0.15, -0.1) is 0 Å². The third-order valence-corrected chi connectivity index (χ3v) is 11.4. The van der Waals surface area contributed by atoms with E-state index in [9.17, 15) is 79.2 Å². The fourth-order valence-corrected chi connectivity index (χ4v) is 8.83. The van der Waals surface area contributed by atoms with Crippen LogP contribution in [0.15, 0.2) is 10.7 Å². The lowest BCUT2D eigenvalue weighted by atomic mass is 9.69. The van der Waals surface area contributed by atoms with Crippen molar-refractivity contribution >= 4 is 59.5 Å². The third kappa shape index (κ3) is 10.6. The van der Waals surface area contributed by atoms with Gasteiger partial charge in [0.05, 0.1) is 25.7 Å². The molecule has 5 rings (SSSR count). The van der Waals surface area contributed by atoms with Gasteiger partial charge in [0.1, 0.15) is 0 Å². The predicted octanol–water partition coefficient (Wildman–Crippen LogP) is 3.10. The second-order valence-corrected chi connectivity index (χ2v) is 15.6. The van der Waals surface area contributed by atoms with Gasteiger partial charge in [-0.05, 0) is 65.1 Å². The van der Waals surface area contributed by atoms with Crippen LogP contribution in [0.25, 0.3) is 6.08 Å². The molecule has 3 aromatic heterocycles. The summed E-state index contributed by atoms with van der Waals surface area (Å²) in [7, 11) is 0. The monoisotopic (exact) mass is 850 g/mol. The summed E-state index contributed by atoms with van der Waals surface area (Å²) in [6.07, 6.45) is -3.82. The van der Waals surface area contributed by atoms with Crippen LogP contribution < -0.4 is 0 Å². The van der Waals surface area contributed by atoms with E-state index in [1.165, 1.54) is 6.08 Å². The number of carbonyl (C=O) groups is 8. The molecule has 11 N–H and O–H groups in total. The molecule has 0 saturated carbocycles. The van der Waals surface area contributed by atoms with Gasteiger partial charge in [-0.2, -0.15) is 0 Å². The number of hydrogen-bond donors (Lipinski definition) is 11. The Hall–Kier alpha value is -6.99. The molecule has 2 unspecified atom stereocenters. The molecule has 326 valence electrons. The van der Waals surface area contributed by atoms with E-state index >= 15 is 0 Å². The zero-order chi connectivity index (χ0) is 44.9. The minimum Gasteiger partial charge on any atom is -0.481 e. The highest BCUT2D eigenvalue weighted by Gasteiger charge is 2.47. The van der Waals surface area contributed by atoms with Gasteiger partial charge in [0.25, 0.3) is 0 Å². The minimum absolute atomic E-state index is 0.113. The van der Waals surface area contributed by atoms with E-state index < -0.39 is 110 Å². The lowest BCUT2D eigenvalue weighted by Crippen LogP contribution is -2.33. The van der Waals surface area contributed by atoms with Crippen molar-refractivity contribution in [3.8, 4) is 0 Å². The van der Waals surface area contributed by atoms with Crippen LogP contribution in [0.5, 0.6) is 0 Å². The van der Waals surface area contributed by atoms with Crippen molar-refractivity contribution < 1.29 is 79.2 Å². The van der Waals surface area contributed by atoms with E-state index in [-0.39, 0.29) is 95.7 Å². The molecule has 2 aliphatic rings. The molecule has 2 aliphatic heterocycles. The number of aromatic amines is 3. The Bertz CT molecular complexity index is 2380. The summed E-state index contributed by atoms with van der Waals surface area (Å²) < 4.78 is 0. The van der Waals surface area contributed by atoms with E-state index in [1.807, 2.05) is 0 Å². The highest BCUT2D eigenvalue weighted by molar-refractivity contribution is 5.95. The van der Waals surface area contributed by atoms with Gasteiger partial charge in [0.2, 0.25) is 0 Å². The van der Waals surface area contributed by atoms with Crippen molar-refractivity contribution in [3.63, 3.8) is 0 Å². The Morgan fingerprint density at radius 2 is 0.918 bits per heavy atom. The maximum atomic E-state index is 12.6. The fourth-order valence-electron chi connectivity index (χ4n) is 8.83. The summed E-state index contributed by atoms with van der Waals surface area (Å²) in [5.74, 6) is -10.8. The van der Waals surface area contributed by atoms with Crippen LogP contribution in [-0.2, 0) is 96.1 Å². The lowest BCUT2D eigenvalue weighted by Gasteiger charge is -2.31. The van der Waals surface area contributed by atoms with Crippen LogP contribution in [-0.4, -0.2) is 109 Å². The molecule has 0 spiro atoms. The summed E-state index contributed by atoms with van der Waals surface area (Å²) >= 11 is 0. The van der Waals surface area contributed by atoms with E-state index in [0.29, 0.717) is 28.2 Å². The Kier molecular flexibility index (Phi) is 13.7. The number of aliphatic carboxylic acids is 8. The first-order valence-electron chi connectivity index (χ1n) is 19.4. The number of rotatable bonds is 20. The van der Waals surface area contributed by atoms with E-state index in [1.54, 1.807) is 6.92 Å². The average molecular weight is 851 g/mol. The second kappa shape index (κ2) is 18.5. The number of H-pyrrole nitrogens is 3. The smallest absolute Gasteiger partial charge is 0.307 e. The highest BCUT2D eigenvalue weighted by Crippen LogP contribution is 2.50. The maximum absolute atomic E-state index is 12.6. The molecule has 8 bridgehead atoms. The fraction of sp³-hybridized carbons (Fsp3) is 0.439. The maximum Gasteiger partial charge on any atom is 0.307 e. The summed E-state index contributed by atoms with van der Waals surface area (Å²) in [4.78, 5) is 112. The standard InChI is InChI=1S/C41H46N4O16/c1-41(17-40(60)61)24(5-9-36(52)53)31-15-29-22(11-38(56)57)19(3-7-34(48)49)27(43-29)14-28-21(10-37(54)55)18(2-6-33(46)47)25(42-28)13-26-20(4-8-35(50)51)23(12-39(58)59)30(44-26)16-32(41)45-31/h16,24,42-44H,2-15,17H2,1H3,(H,46,47)(H,48,49)(H,50,51)(H,52,53)(H,54,55)(H,56,57)(H,58,59)(H,60,61). The van der Waals surface area contributed by atoms with Crippen LogP contribution >= 0.6 is 0 Å². The number of nitrogens with zero attached hydrogens (tertiary/aromatic N) is 1. The average Bonchev–Trinajstić information content (AvgIpc) is 3.79. The molecule has 0 radical (unpaired) electrons. The minimum atomic E-state index is -1.43. The first kappa shape index (κ1) is 45.1. The Balaban J connectivity index is 1.92. The van der Waals surface area contributed by atoms with Crippen LogP contribution in [0.4, 0.5) is 0 Å². The number of carboxylic acid groups (broad SMARTS) is 8. The second-order valence-electron chi connectivity index (χ2n) is 15.6. The molecule has 20 heteroatoms. The zero-order valence-electron chi connectivity index (χ0n) is 33.1. The molecule has 0 aromatic carbocycles. The van der Waals surface area contributed by atoms with Gasteiger partial charge in [-0.3, -0.25) is 43.3 Å². The molecular formula is C41H46N4O16. The molecule has 61 heavy (non-hydrogen) atoms. The lowest BCUT2D eigenvalue weighted by molar-refractivity contribution is -0.140. The first-order chi connectivity index (χ1) is 28.7. The van der Waals surface area contributed by atoms with Crippen molar-refractivity contribution in [2.75, 3.05) is 0 Å². The number of carboxylic acids is 8. The first-order valence-corrected chi connectivity index (χ1v) is 19.4. The number of allylic oxidation sites excluding steroid dienone is 1. The third-order valence-electron chi connectivity index (χ3n) is 11.4. The van der Waals surface area contributed by atoms with Crippen molar-refractivity contribution in [1.82, 2.24) is 15.0 Å². The van der Waals surface area contributed by atoms with Crippen LogP contribution in [0.2, 0.25) is 0 Å². The quantitative estimate of drug-likeness (QED) is 0.0778. The van der Waals surface area contributed by atoms with E-state index in [4.69, 9.17) is 4.99 Å². The van der Waals surface area contributed by atoms with Crippen molar-refractivity contribution in [2.24, 2.45) is 16.3 Å². The van der Waals surface area contributed by atoms with Gasteiger partial charge < -0.3 is 55.8 Å². The number of aliphatic imine (C=N–C) groups is 1. The van der Waals surface area contributed by atoms with Crippen LogP contribution in [0, 0.1) is 11.3 Å². The molecule has 2 atom stereocenters. The molecule has 5 heterocycles. The SMILES string of the molecule is CC1(CC(=O)O)C2=Cc3[nH]c(c(CCC(=O)O)c3CC(=O)O)Cc3[nH]c(c(CC(=O)O)c3CCC(=O)O)Cc3[nH]c(c(CC(=O)O)c3CCC(=O)O)CC(=N2)C1CCC(=O)O. The number of fused-ring (bicyclic) bond motifs is 7. The van der Waals surface area contributed by atoms with Crippen molar-refractivity contribution in [1.29, 1.82) is 0 Å². The van der Waals surface area contributed by atoms with E-state index in [2.05, 4.69) is 15.0 Å². The molecule has 0 amide bonds. The van der Waals surface area contributed by atoms with Gasteiger partial charge in [0.15, 0.2) is 0 Å². The summed E-state index contributed by atoms with van der Waals surface area (Å²) in [6.45, 7) is 1.58. The number of hydrogen-bond acceptors (Lipinski definition) is 9. The molecular weight excluding hydrogens is 804 g/mol. The van der Waals surface area contributed by atoms with Gasteiger partial charge >= 0.3 is 47.8 Å². The Morgan fingerprint density at radius 1 is 0.525 bits per heavy atom. The van der Waals surface area contributed by atoms with E-state index in [0.717, 1.165) is 0 Å². The van der Waals surface area contributed by atoms with Crippen LogP contribution in [0.1, 0.15) is 113 Å². The molecule has 20 nitrogen and oxygen atoms in total. The topological polar surface area (TPSA) is 358 Å². The Morgan fingerprint density at radius 3 is 1.34 bits per heavy atom. The van der Waals surface area contributed by atoms with Gasteiger partial charge in [0, 0.05) is 102 Å². The summed E-state index contributed by atoms with van der Waals surface area (Å²) in [5.41, 5.74) is 1.97. The molecule has 0 fully saturated rings. The largest absolute Gasteiger partial charge is 0.481 e.